The molecule has 110 valence electrons. The molecule has 8 heteroatoms. The Hall–Kier alpha value is -1.03. The molecule has 0 unspecified atom stereocenters. The Labute approximate surface area is 109 Å². The summed E-state index contributed by atoms with van der Waals surface area (Å²) in [6.45, 7) is 2.45. The van der Waals surface area contributed by atoms with Gasteiger partial charge in [-0.05, 0) is 0 Å². The molecule has 0 spiro atoms. The van der Waals surface area contributed by atoms with E-state index in [9.17, 15) is 25.2 Å². The van der Waals surface area contributed by atoms with Gasteiger partial charge in [0.15, 0.2) is 0 Å². The first-order chi connectivity index (χ1) is 8.88. The van der Waals surface area contributed by atoms with E-state index in [0.29, 0.717) is 0 Å². The molecule has 5 atom stereocenters. The first-order valence-electron chi connectivity index (χ1n) is 5.69. The monoisotopic (exact) mass is 278 g/mol. The van der Waals surface area contributed by atoms with Crippen molar-refractivity contribution in [1.82, 2.24) is 0 Å². The van der Waals surface area contributed by atoms with Gasteiger partial charge in [0, 0.05) is 6.42 Å². The predicted octanol–water partition coefficient (Wildman–Crippen LogP) is -2.17. The normalized spacial score (nSPS) is 36.7. The number of hydrogen-bond donors (Lipinski definition) is 5. The van der Waals surface area contributed by atoms with Crippen molar-refractivity contribution in [2.75, 3.05) is 13.2 Å². The fourth-order valence-electron chi connectivity index (χ4n) is 1.85. The van der Waals surface area contributed by atoms with E-state index in [0.717, 1.165) is 0 Å². The van der Waals surface area contributed by atoms with Crippen molar-refractivity contribution in [3.8, 4) is 0 Å². The van der Waals surface area contributed by atoms with Crippen LogP contribution in [0.2, 0.25) is 0 Å². The second kappa shape index (κ2) is 6.42. The highest BCUT2D eigenvalue weighted by molar-refractivity contribution is 5.76. The fraction of sp³-hybridized carbons (Fsp3) is 0.727. The zero-order valence-electron chi connectivity index (χ0n) is 10.2. The fourth-order valence-corrected chi connectivity index (χ4v) is 1.85. The number of aliphatic carboxylic acids is 1. The Bertz CT molecular complexity index is 333. The summed E-state index contributed by atoms with van der Waals surface area (Å²) in [5.41, 5.74) is 0. The molecule has 19 heavy (non-hydrogen) atoms. The van der Waals surface area contributed by atoms with Crippen LogP contribution in [0, 0.1) is 0 Å². The molecule has 1 aliphatic heterocycles. The minimum atomic E-state index is -2.20. The lowest BCUT2D eigenvalue weighted by molar-refractivity contribution is -0.321. The van der Waals surface area contributed by atoms with E-state index in [4.69, 9.17) is 14.6 Å². The smallest absolute Gasteiger partial charge is 0.364 e. The highest BCUT2D eigenvalue weighted by atomic mass is 16.7. The summed E-state index contributed by atoms with van der Waals surface area (Å²) in [4.78, 5) is 11.3. The van der Waals surface area contributed by atoms with Gasteiger partial charge in [-0.25, -0.2) is 4.79 Å². The number of rotatable bonds is 6. The Balaban J connectivity index is 2.99. The summed E-state index contributed by atoms with van der Waals surface area (Å²) in [6, 6.07) is 0. The molecule has 0 saturated carbocycles. The summed E-state index contributed by atoms with van der Waals surface area (Å²) in [5.74, 6) is -3.70. The summed E-state index contributed by atoms with van der Waals surface area (Å²) >= 11 is 0. The maximum absolute atomic E-state index is 11.3. The van der Waals surface area contributed by atoms with Gasteiger partial charge in [-0.3, -0.25) is 0 Å². The van der Waals surface area contributed by atoms with E-state index >= 15 is 0 Å². The van der Waals surface area contributed by atoms with E-state index in [-0.39, 0.29) is 6.61 Å². The van der Waals surface area contributed by atoms with E-state index < -0.39 is 49.2 Å². The van der Waals surface area contributed by atoms with E-state index in [2.05, 4.69) is 6.58 Å². The highest BCUT2D eigenvalue weighted by Crippen LogP contribution is 2.32. The third-order valence-corrected chi connectivity index (χ3v) is 2.86. The molecular weight excluding hydrogens is 260 g/mol. The van der Waals surface area contributed by atoms with Crippen LogP contribution in [0.4, 0.5) is 0 Å². The summed E-state index contributed by atoms with van der Waals surface area (Å²) in [7, 11) is 0. The molecule has 0 bridgehead atoms. The van der Waals surface area contributed by atoms with Crippen molar-refractivity contribution in [2.45, 2.75) is 36.6 Å². The third-order valence-electron chi connectivity index (χ3n) is 2.86. The van der Waals surface area contributed by atoms with Gasteiger partial charge in [0.2, 0.25) is 0 Å². The molecule has 5 N–H and O–H groups in total. The Morgan fingerprint density at radius 3 is 2.68 bits per heavy atom. The van der Waals surface area contributed by atoms with Gasteiger partial charge in [0.1, 0.15) is 18.3 Å². The van der Waals surface area contributed by atoms with Crippen LogP contribution in [0.5, 0.6) is 0 Å². The molecule has 0 aromatic rings. The number of carboxylic acids is 1. The van der Waals surface area contributed by atoms with E-state index in [1.165, 1.54) is 6.08 Å². The lowest BCUT2D eigenvalue weighted by atomic mass is 9.92. The Morgan fingerprint density at radius 2 is 2.21 bits per heavy atom. The maximum atomic E-state index is 11.3. The minimum Gasteiger partial charge on any atom is -0.477 e. The van der Waals surface area contributed by atoms with Crippen LogP contribution >= 0.6 is 0 Å². The zero-order chi connectivity index (χ0) is 14.6. The first kappa shape index (κ1) is 16.0. The zero-order valence-corrected chi connectivity index (χ0v) is 10.2. The number of aliphatic hydroxyl groups is 4. The van der Waals surface area contributed by atoms with Crippen molar-refractivity contribution in [3.63, 3.8) is 0 Å². The van der Waals surface area contributed by atoms with Gasteiger partial charge in [0.25, 0.3) is 5.79 Å². The average molecular weight is 278 g/mol. The van der Waals surface area contributed by atoms with Crippen molar-refractivity contribution in [1.29, 1.82) is 0 Å². The SMILES string of the molecule is C=CCO[C@]1(C(=O)O)C[C@@H](O)[C@@H](O)[C@@H]([C@H](O)CO)O1. The van der Waals surface area contributed by atoms with Crippen molar-refractivity contribution in [3.05, 3.63) is 12.7 Å². The molecule has 0 aromatic heterocycles. The molecule has 0 amide bonds. The quantitative estimate of drug-likeness (QED) is 0.346. The summed E-state index contributed by atoms with van der Waals surface area (Å²) < 4.78 is 10.1. The number of aliphatic hydroxyl groups excluding tert-OH is 4. The summed E-state index contributed by atoms with van der Waals surface area (Å²) in [5, 5.41) is 46.9. The number of carboxylic acid groups (broad SMARTS) is 1. The van der Waals surface area contributed by atoms with Gasteiger partial charge >= 0.3 is 5.97 Å². The molecule has 1 aliphatic rings. The molecule has 0 aliphatic carbocycles. The van der Waals surface area contributed by atoms with Crippen LogP contribution in [0.3, 0.4) is 0 Å². The Morgan fingerprint density at radius 1 is 1.58 bits per heavy atom. The van der Waals surface area contributed by atoms with Crippen LogP contribution in [0.15, 0.2) is 12.7 Å². The molecular formula is C11H18O8. The van der Waals surface area contributed by atoms with Gasteiger partial charge in [-0.15, -0.1) is 6.58 Å². The van der Waals surface area contributed by atoms with Crippen molar-refractivity contribution < 1.29 is 39.8 Å². The number of carbonyl (C=O) groups is 1. The number of hydrogen-bond acceptors (Lipinski definition) is 7. The molecule has 1 heterocycles. The van der Waals surface area contributed by atoms with Gasteiger partial charge < -0.3 is 35.0 Å². The predicted molar refractivity (Wildman–Crippen MR) is 61.1 cm³/mol. The largest absolute Gasteiger partial charge is 0.477 e. The van der Waals surface area contributed by atoms with E-state index in [1.54, 1.807) is 0 Å². The molecule has 1 saturated heterocycles. The first-order valence-corrected chi connectivity index (χ1v) is 5.69. The van der Waals surface area contributed by atoms with Gasteiger partial charge in [0.05, 0.1) is 19.3 Å². The topological polar surface area (TPSA) is 137 Å². The molecule has 1 fully saturated rings. The minimum absolute atomic E-state index is 0.156. The van der Waals surface area contributed by atoms with Crippen molar-refractivity contribution in [2.24, 2.45) is 0 Å². The summed E-state index contributed by atoms with van der Waals surface area (Å²) in [6.07, 6.45) is -5.23. The van der Waals surface area contributed by atoms with Crippen LogP contribution in [-0.4, -0.2) is 74.9 Å². The highest BCUT2D eigenvalue weighted by Gasteiger charge is 2.54. The van der Waals surface area contributed by atoms with Crippen LogP contribution in [-0.2, 0) is 14.3 Å². The van der Waals surface area contributed by atoms with Gasteiger partial charge in [-0.2, -0.15) is 0 Å². The lowest BCUT2D eigenvalue weighted by Gasteiger charge is -2.43. The standard InChI is InChI=1S/C11H18O8/c1-2-3-18-11(10(16)17)4-6(13)8(15)9(19-11)7(14)5-12/h2,6-9,12-15H,1,3-5H2,(H,16,17)/t6-,7-,8-,9-,11-/m1/s1. The van der Waals surface area contributed by atoms with Crippen LogP contribution < -0.4 is 0 Å². The number of ether oxygens (including phenoxy) is 2. The van der Waals surface area contributed by atoms with Crippen LogP contribution in [0.1, 0.15) is 6.42 Å². The van der Waals surface area contributed by atoms with Crippen molar-refractivity contribution >= 4 is 5.97 Å². The maximum Gasteiger partial charge on any atom is 0.364 e. The molecule has 0 radical (unpaired) electrons. The van der Waals surface area contributed by atoms with Crippen LogP contribution in [0.25, 0.3) is 0 Å². The Kier molecular flexibility index (Phi) is 5.41. The van der Waals surface area contributed by atoms with Gasteiger partial charge in [-0.1, -0.05) is 6.08 Å². The molecule has 0 aromatic carbocycles. The third kappa shape index (κ3) is 3.30. The molecule has 1 rings (SSSR count). The molecule has 8 nitrogen and oxygen atoms in total. The second-order valence-corrected chi connectivity index (χ2v) is 4.25. The second-order valence-electron chi connectivity index (χ2n) is 4.25. The average Bonchev–Trinajstić information content (AvgIpc) is 2.38. The van der Waals surface area contributed by atoms with E-state index in [1.807, 2.05) is 0 Å². The lowest BCUT2D eigenvalue weighted by Crippen LogP contribution is -2.62.